The van der Waals surface area contributed by atoms with E-state index in [1.165, 1.54) is 31.5 Å². The topological polar surface area (TPSA) is 38.0 Å². The first kappa shape index (κ1) is 9.37. The molecule has 2 heteroatoms. The molecule has 3 N–H and O–H groups in total. The summed E-state index contributed by atoms with van der Waals surface area (Å²) in [5, 5.41) is 3.38. The van der Waals surface area contributed by atoms with E-state index in [1.54, 1.807) is 0 Å². The molecule has 3 rings (SSSR count). The molecule has 1 saturated carbocycles. The number of hydrogen-bond donors (Lipinski definition) is 2. The smallest absolute Gasteiger partial charge is 0.00880 e. The van der Waals surface area contributed by atoms with Crippen LogP contribution in [-0.4, -0.2) is 19.6 Å². The summed E-state index contributed by atoms with van der Waals surface area (Å²) < 4.78 is 0. The molecule has 1 heterocycles. The van der Waals surface area contributed by atoms with Crippen molar-refractivity contribution in [3.05, 3.63) is 35.9 Å². The van der Waals surface area contributed by atoms with E-state index in [4.69, 9.17) is 5.73 Å². The molecule has 80 valence electrons. The maximum atomic E-state index is 5.98. The van der Waals surface area contributed by atoms with Crippen molar-refractivity contribution in [3.8, 4) is 0 Å². The molecule has 1 aromatic rings. The lowest BCUT2D eigenvalue weighted by Crippen LogP contribution is -2.67. The van der Waals surface area contributed by atoms with Gasteiger partial charge >= 0.3 is 0 Å². The van der Waals surface area contributed by atoms with Gasteiger partial charge in [0.05, 0.1) is 0 Å². The third kappa shape index (κ3) is 1.25. The Bertz CT molecular complexity index is 346. The first-order chi connectivity index (χ1) is 7.29. The fraction of sp³-hybridized carbons (Fsp3) is 0.538. The largest absolute Gasteiger partial charge is 0.330 e. The van der Waals surface area contributed by atoms with E-state index >= 15 is 0 Å². The van der Waals surface area contributed by atoms with E-state index in [0.29, 0.717) is 5.41 Å². The molecule has 15 heavy (non-hydrogen) atoms. The first-order valence-corrected chi connectivity index (χ1v) is 5.75. The molecule has 2 nitrogen and oxygen atoms in total. The molecule has 1 saturated heterocycles. The van der Waals surface area contributed by atoms with Crippen LogP contribution in [0.5, 0.6) is 0 Å². The molecule has 0 amide bonds. The molecular formula is C13H18N2. The minimum atomic E-state index is 0.281. The van der Waals surface area contributed by atoms with Gasteiger partial charge in [-0.15, -0.1) is 0 Å². The van der Waals surface area contributed by atoms with E-state index in [2.05, 4.69) is 35.6 Å². The zero-order chi connectivity index (χ0) is 10.4. The Balaban J connectivity index is 1.84. The minimum Gasteiger partial charge on any atom is -0.330 e. The number of hydrogen-bond acceptors (Lipinski definition) is 2. The zero-order valence-electron chi connectivity index (χ0n) is 9.00. The van der Waals surface area contributed by atoms with Crippen LogP contribution in [0, 0.1) is 5.41 Å². The fourth-order valence-corrected chi connectivity index (χ4v) is 3.37. The van der Waals surface area contributed by atoms with Crippen LogP contribution in [0.3, 0.4) is 0 Å². The third-order valence-electron chi connectivity index (χ3n) is 4.20. The molecule has 1 aliphatic heterocycles. The molecule has 2 aliphatic rings. The summed E-state index contributed by atoms with van der Waals surface area (Å²) in [6, 6.07) is 10.8. The summed E-state index contributed by atoms with van der Waals surface area (Å²) in [5.74, 6) is 0. The van der Waals surface area contributed by atoms with Gasteiger partial charge in [-0.3, -0.25) is 0 Å². The lowest BCUT2D eigenvalue weighted by Gasteiger charge is -2.61. The first-order valence-electron chi connectivity index (χ1n) is 5.75. The van der Waals surface area contributed by atoms with Gasteiger partial charge < -0.3 is 11.1 Å². The van der Waals surface area contributed by atoms with Gasteiger partial charge in [0.15, 0.2) is 0 Å². The van der Waals surface area contributed by atoms with Crippen LogP contribution in [0.4, 0.5) is 0 Å². The van der Waals surface area contributed by atoms with Crippen LogP contribution < -0.4 is 11.1 Å². The van der Waals surface area contributed by atoms with Crippen LogP contribution in [0.25, 0.3) is 0 Å². The Hall–Kier alpha value is -0.860. The van der Waals surface area contributed by atoms with Gasteiger partial charge in [-0.2, -0.15) is 0 Å². The van der Waals surface area contributed by atoms with E-state index in [1.807, 2.05) is 0 Å². The highest BCUT2D eigenvalue weighted by molar-refractivity contribution is 5.32. The molecule has 2 fully saturated rings. The van der Waals surface area contributed by atoms with Crippen molar-refractivity contribution in [2.24, 2.45) is 11.1 Å². The van der Waals surface area contributed by atoms with Gasteiger partial charge in [-0.25, -0.2) is 0 Å². The SMILES string of the molecule is NCC1(c2ccccc2)CC2(CNC2)C1. The molecular weight excluding hydrogens is 184 g/mol. The average Bonchev–Trinajstić information content (AvgIpc) is 2.17. The van der Waals surface area contributed by atoms with E-state index in [0.717, 1.165) is 6.54 Å². The Morgan fingerprint density at radius 1 is 1.13 bits per heavy atom. The van der Waals surface area contributed by atoms with Gasteiger partial charge in [0.1, 0.15) is 0 Å². The van der Waals surface area contributed by atoms with Gasteiger partial charge in [-0.05, 0) is 23.8 Å². The Labute approximate surface area is 90.9 Å². The molecule has 1 aromatic carbocycles. The third-order valence-corrected chi connectivity index (χ3v) is 4.20. The molecule has 0 aromatic heterocycles. The van der Waals surface area contributed by atoms with Gasteiger partial charge in [0, 0.05) is 25.0 Å². The quantitative estimate of drug-likeness (QED) is 0.758. The maximum Gasteiger partial charge on any atom is 0.00880 e. The second kappa shape index (κ2) is 3.06. The van der Waals surface area contributed by atoms with Crippen molar-refractivity contribution in [1.82, 2.24) is 5.32 Å². The molecule has 1 spiro atoms. The number of rotatable bonds is 2. The predicted molar refractivity (Wildman–Crippen MR) is 61.7 cm³/mol. The zero-order valence-corrected chi connectivity index (χ0v) is 9.00. The van der Waals surface area contributed by atoms with Gasteiger partial charge in [-0.1, -0.05) is 30.3 Å². The summed E-state index contributed by atoms with van der Waals surface area (Å²) in [6.45, 7) is 3.18. The van der Waals surface area contributed by atoms with Crippen molar-refractivity contribution in [3.63, 3.8) is 0 Å². The van der Waals surface area contributed by atoms with Crippen LogP contribution in [0.2, 0.25) is 0 Å². The maximum absolute atomic E-state index is 5.98. The molecule has 0 radical (unpaired) electrons. The number of nitrogens with two attached hydrogens (primary N) is 1. The molecule has 0 atom stereocenters. The van der Waals surface area contributed by atoms with Crippen molar-refractivity contribution in [2.45, 2.75) is 18.3 Å². The van der Waals surface area contributed by atoms with Crippen molar-refractivity contribution in [2.75, 3.05) is 19.6 Å². The van der Waals surface area contributed by atoms with Crippen LogP contribution in [0.1, 0.15) is 18.4 Å². The van der Waals surface area contributed by atoms with E-state index in [-0.39, 0.29) is 5.41 Å². The number of benzene rings is 1. The van der Waals surface area contributed by atoms with Gasteiger partial charge in [0.2, 0.25) is 0 Å². The number of nitrogens with one attached hydrogen (secondary N) is 1. The van der Waals surface area contributed by atoms with Crippen LogP contribution in [-0.2, 0) is 5.41 Å². The van der Waals surface area contributed by atoms with Crippen molar-refractivity contribution in [1.29, 1.82) is 0 Å². The summed E-state index contributed by atoms with van der Waals surface area (Å²) in [6.07, 6.45) is 2.54. The second-order valence-corrected chi connectivity index (χ2v) is 5.31. The molecule has 0 unspecified atom stereocenters. The lowest BCUT2D eigenvalue weighted by atomic mass is 9.48. The highest BCUT2D eigenvalue weighted by atomic mass is 15.0. The predicted octanol–water partition coefficient (Wildman–Crippen LogP) is 1.27. The summed E-state index contributed by atoms with van der Waals surface area (Å²) >= 11 is 0. The normalized spacial score (nSPS) is 25.7. The molecule has 1 aliphatic carbocycles. The van der Waals surface area contributed by atoms with E-state index in [9.17, 15) is 0 Å². The van der Waals surface area contributed by atoms with E-state index < -0.39 is 0 Å². The summed E-state index contributed by atoms with van der Waals surface area (Å²) in [5.41, 5.74) is 8.29. The Morgan fingerprint density at radius 2 is 1.80 bits per heavy atom. The van der Waals surface area contributed by atoms with Crippen LogP contribution in [0.15, 0.2) is 30.3 Å². The Kier molecular flexibility index (Phi) is 1.91. The van der Waals surface area contributed by atoms with Crippen molar-refractivity contribution >= 4 is 0 Å². The van der Waals surface area contributed by atoms with Gasteiger partial charge in [0.25, 0.3) is 0 Å². The summed E-state index contributed by atoms with van der Waals surface area (Å²) in [4.78, 5) is 0. The highest BCUT2D eigenvalue weighted by Gasteiger charge is 2.57. The standard InChI is InChI=1S/C13H18N2/c14-8-13(11-4-2-1-3-5-11)6-12(7-13)9-15-10-12/h1-5,15H,6-10,14H2. The highest BCUT2D eigenvalue weighted by Crippen LogP contribution is 2.56. The van der Waals surface area contributed by atoms with Crippen molar-refractivity contribution < 1.29 is 0 Å². The fourth-order valence-electron chi connectivity index (χ4n) is 3.37. The monoisotopic (exact) mass is 202 g/mol. The minimum absolute atomic E-state index is 0.281. The van der Waals surface area contributed by atoms with Crippen LogP contribution >= 0.6 is 0 Å². The Morgan fingerprint density at radius 3 is 2.27 bits per heavy atom. The average molecular weight is 202 g/mol. The lowest BCUT2D eigenvalue weighted by molar-refractivity contribution is -0.0215. The summed E-state index contributed by atoms with van der Waals surface area (Å²) in [7, 11) is 0. The molecule has 0 bridgehead atoms. The second-order valence-electron chi connectivity index (χ2n) is 5.31.